The lowest BCUT2D eigenvalue weighted by atomic mass is 9.91. The number of allylic oxidation sites excluding steroid dienone is 4. The van der Waals surface area contributed by atoms with Gasteiger partial charge in [0.1, 0.15) is 5.83 Å². The summed E-state index contributed by atoms with van der Waals surface area (Å²) in [6, 6.07) is 0. The Bertz CT molecular complexity index is 639. The van der Waals surface area contributed by atoms with Gasteiger partial charge in [0.05, 0.1) is 17.9 Å². The monoisotopic (exact) mass is 365 g/mol. The maximum atomic E-state index is 13.7. The Morgan fingerprint density at radius 1 is 1.46 bits per heavy atom. The number of nitrogens with zero attached hydrogens (tertiary/aromatic N) is 2. The van der Waals surface area contributed by atoms with Crippen LogP contribution in [0, 0.1) is 0 Å². The third-order valence-corrected chi connectivity index (χ3v) is 4.51. The summed E-state index contributed by atoms with van der Waals surface area (Å²) in [4.78, 5) is 6.84. The minimum absolute atomic E-state index is 0.141. The van der Waals surface area contributed by atoms with Crippen LogP contribution in [0.2, 0.25) is 0 Å². The van der Waals surface area contributed by atoms with Gasteiger partial charge in [-0.15, -0.1) is 11.3 Å². The second kappa shape index (κ2) is 7.62. The molecular weight excluding hydrogens is 346 g/mol. The van der Waals surface area contributed by atoms with E-state index in [4.69, 9.17) is 10.5 Å². The Balaban J connectivity index is 2.26. The maximum absolute atomic E-state index is 13.7. The van der Waals surface area contributed by atoms with Crippen molar-refractivity contribution in [1.29, 1.82) is 0 Å². The third-order valence-electron chi connectivity index (χ3n) is 3.62. The highest BCUT2D eigenvalue weighted by Crippen LogP contribution is 2.40. The van der Waals surface area contributed by atoms with E-state index in [-0.39, 0.29) is 11.6 Å². The lowest BCUT2D eigenvalue weighted by Gasteiger charge is -2.21. The quantitative estimate of drug-likeness (QED) is 0.782. The zero-order valence-corrected chi connectivity index (χ0v) is 14.2. The number of hydrogen-bond acceptors (Lipinski definition) is 5. The summed E-state index contributed by atoms with van der Waals surface area (Å²) in [5.74, 6) is -1.58. The van der Waals surface area contributed by atoms with Crippen LogP contribution < -0.4 is 5.73 Å². The molecule has 0 aromatic carbocycles. The van der Waals surface area contributed by atoms with Gasteiger partial charge in [0.25, 0.3) is 0 Å². The van der Waals surface area contributed by atoms with Gasteiger partial charge in [-0.2, -0.15) is 13.2 Å². The molecule has 0 fully saturated rings. The van der Waals surface area contributed by atoms with E-state index < -0.39 is 23.5 Å². The molecule has 0 aliphatic heterocycles. The molecule has 24 heavy (non-hydrogen) atoms. The van der Waals surface area contributed by atoms with Crippen LogP contribution in [-0.2, 0) is 11.3 Å². The smallest absolute Gasteiger partial charge is 0.383 e. The van der Waals surface area contributed by atoms with Crippen LogP contribution >= 0.6 is 11.3 Å². The number of likely N-dealkylation sites (N-methyl/N-ethyl adjacent to an activating group) is 1. The predicted molar refractivity (Wildman–Crippen MR) is 85.4 cm³/mol. The normalized spacial score (nSPS) is 18.7. The van der Waals surface area contributed by atoms with E-state index in [9.17, 15) is 17.6 Å². The first kappa shape index (κ1) is 18.9. The van der Waals surface area contributed by atoms with Crippen molar-refractivity contribution >= 4 is 16.5 Å². The van der Waals surface area contributed by atoms with Gasteiger partial charge in [-0.25, -0.2) is 9.37 Å². The second-order valence-corrected chi connectivity index (χ2v) is 6.73. The Morgan fingerprint density at radius 2 is 2.17 bits per heavy atom. The molecule has 134 valence electrons. The summed E-state index contributed by atoms with van der Waals surface area (Å²) in [7, 11) is 3.45. The number of nitrogen functional groups attached to an aromatic ring is 1. The summed E-state index contributed by atoms with van der Waals surface area (Å²) >= 11 is 1.21. The van der Waals surface area contributed by atoms with Gasteiger partial charge in [0.15, 0.2) is 5.13 Å². The van der Waals surface area contributed by atoms with E-state index >= 15 is 0 Å². The molecule has 2 N–H and O–H groups in total. The van der Waals surface area contributed by atoms with E-state index in [0.29, 0.717) is 31.5 Å². The van der Waals surface area contributed by atoms with Crippen molar-refractivity contribution in [2.45, 2.75) is 25.1 Å². The van der Waals surface area contributed by atoms with Crippen molar-refractivity contribution in [2.75, 3.05) is 33.0 Å². The highest BCUT2D eigenvalue weighted by Gasteiger charge is 2.36. The predicted octanol–water partition coefficient (Wildman–Crippen LogP) is 3.63. The molecule has 1 atom stereocenters. The van der Waals surface area contributed by atoms with Gasteiger partial charge < -0.3 is 10.5 Å². The Kier molecular flexibility index (Phi) is 6.00. The molecule has 4 nitrogen and oxygen atoms in total. The van der Waals surface area contributed by atoms with Gasteiger partial charge >= 0.3 is 6.18 Å². The van der Waals surface area contributed by atoms with Crippen LogP contribution in [0.15, 0.2) is 23.6 Å². The average molecular weight is 365 g/mol. The van der Waals surface area contributed by atoms with Gasteiger partial charge in [0.2, 0.25) is 0 Å². The number of alkyl halides is 3. The number of halogens is 4. The van der Waals surface area contributed by atoms with Gasteiger partial charge in [-0.1, -0.05) is 6.08 Å². The largest absolute Gasteiger partial charge is 0.416 e. The topological polar surface area (TPSA) is 51.4 Å². The van der Waals surface area contributed by atoms with Gasteiger partial charge in [0, 0.05) is 37.4 Å². The SMILES string of the molecule is COCCN(C)Cc1sc(N)nc1C1C=C(C(F)(F)F)C=C(F)C1. The van der Waals surface area contributed by atoms with E-state index in [2.05, 4.69) is 4.98 Å². The van der Waals surface area contributed by atoms with E-state index in [1.165, 1.54) is 11.3 Å². The molecule has 1 heterocycles. The minimum Gasteiger partial charge on any atom is -0.383 e. The van der Waals surface area contributed by atoms with E-state index in [0.717, 1.165) is 11.0 Å². The van der Waals surface area contributed by atoms with Gasteiger partial charge in [-0.05, 0) is 13.1 Å². The first-order chi connectivity index (χ1) is 11.2. The second-order valence-electron chi connectivity index (χ2n) is 5.61. The summed E-state index contributed by atoms with van der Waals surface area (Å²) in [5, 5.41) is 0.261. The molecule has 9 heteroatoms. The summed E-state index contributed by atoms with van der Waals surface area (Å²) < 4.78 is 57.4. The van der Waals surface area contributed by atoms with Crippen molar-refractivity contribution in [3.05, 3.63) is 34.1 Å². The molecule has 1 aromatic rings. The van der Waals surface area contributed by atoms with E-state index in [1.54, 1.807) is 7.11 Å². The zero-order chi connectivity index (χ0) is 17.9. The Morgan fingerprint density at radius 3 is 2.79 bits per heavy atom. The fourth-order valence-corrected chi connectivity index (χ4v) is 3.45. The molecular formula is C15H19F4N3OS. The number of anilines is 1. The molecule has 0 spiro atoms. The number of ether oxygens (including phenoxy) is 1. The summed E-state index contributed by atoms with van der Waals surface area (Å²) in [6.07, 6.45) is -3.17. The molecule has 0 amide bonds. The lowest BCUT2D eigenvalue weighted by molar-refractivity contribution is -0.0890. The summed E-state index contributed by atoms with van der Waals surface area (Å²) in [5.41, 5.74) is 5.15. The highest BCUT2D eigenvalue weighted by molar-refractivity contribution is 7.15. The Labute approximate surface area is 141 Å². The average Bonchev–Trinajstić information content (AvgIpc) is 2.84. The molecule has 2 rings (SSSR count). The molecule has 1 aliphatic rings. The van der Waals surface area contributed by atoms with Gasteiger partial charge in [-0.3, -0.25) is 4.90 Å². The zero-order valence-electron chi connectivity index (χ0n) is 13.4. The molecule has 0 saturated carbocycles. The van der Waals surface area contributed by atoms with Crippen molar-refractivity contribution in [3.8, 4) is 0 Å². The number of thiazole rings is 1. The molecule has 0 radical (unpaired) electrons. The standard InChI is InChI=1S/C15H19F4N3OS/c1-22(3-4-23-2)8-12-13(21-14(20)24-12)9-5-10(15(17,18)19)7-11(16)6-9/h5,7,9H,3-4,6,8H2,1-2H3,(H2,20,21). The molecule has 1 unspecified atom stereocenters. The fourth-order valence-electron chi connectivity index (χ4n) is 2.47. The van der Waals surface area contributed by atoms with Crippen molar-refractivity contribution in [3.63, 3.8) is 0 Å². The molecule has 1 aromatic heterocycles. The maximum Gasteiger partial charge on any atom is 0.416 e. The first-order valence-corrected chi connectivity index (χ1v) is 8.10. The number of nitrogens with two attached hydrogens (primary N) is 1. The van der Waals surface area contributed by atoms with Crippen LogP contribution in [0.4, 0.5) is 22.7 Å². The Hall–Kier alpha value is -1.45. The highest BCUT2D eigenvalue weighted by atomic mass is 32.1. The van der Waals surface area contributed by atoms with Crippen molar-refractivity contribution in [1.82, 2.24) is 9.88 Å². The molecule has 0 saturated heterocycles. The third kappa shape index (κ3) is 4.78. The molecule has 0 bridgehead atoms. The fraction of sp³-hybridized carbons (Fsp3) is 0.533. The van der Waals surface area contributed by atoms with Crippen LogP contribution in [-0.4, -0.2) is 43.4 Å². The van der Waals surface area contributed by atoms with Crippen LogP contribution in [0.25, 0.3) is 0 Å². The van der Waals surface area contributed by atoms with Crippen LogP contribution in [0.1, 0.15) is 22.9 Å². The number of hydrogen-bond donors (Lipinski definition) is 1. The summed E-state index contributed by atoms with van der Waals surface area (Å²) in [6.45, 7) is 1.64. The van der Waals surface area contributed by atoms with Crippen molar-refractivity contribution < 1.29 is 22.3 Å². The van der Waals surface area contributed by atoms with Crippen LogP contribution in [0.3, 0.4) is 0 Å². The lowest BCUT2D eigenvalue weighted by Crippen LogP contribution is -2.23. The first-order valence-electron chi connectivity index (χ1n) is 7.28. The number of aromatic nitrogens is 1. The minimum atomic E-state index is -4.59. The number of rotatable bonds is 6. The molecule has 1 aliphatic carbocycles. The van der Waals surface area contributed by atoms with Crippen LogP contribution in [0.5, 0.6) is 0 Å². The van der Waals surface area contributed by atoms with E-state index in [1.807, 2.05) is 11.9 Å². The van der Waals surface area contributed by atoms with Crippen molar-refractivity contribution in [2.24, 2.45) is 0 Å². The number of methoxy groups -OCH3 is 1.